The van der Waals surface area contributed by atoms with E-state index in [1.807, 2.05) is 0 Å². The van der Waals surface area contributed by atoms with Gasteiger partial charge in [-0.25, -0.2) is 0 Å². The minimum atomic E-state index is 0.131. The number of amides is 1. The average molecular weight is 182 g/mol. The zero-order valence-electron chi connectivity index (χ0n) is 8.47. The number of carbonyl (C=O) groups is 1. The van der Waals surface area contributed by atoms with Crippen molar-refractivity contribution >= 4 is 5.91 Å². The molecule has 0 radical (unpaired) electrons. The number of nitrogens with zero attached hydrogens (tertiary/aromatic N) is 1. The van der Waals surface area contributed by atoms with Crippen LogP contribution in [0.2, 0.25) is 0 Å². The maximum absolute atomic E-state index is 11.0. The highest BCUT2D eigenvalue weighted by molar-refractivity contribution is 5.75. The molecule has 1 N–H and O–H groups in total. The van der Waals surface area contributed by atoms with E-state index in [4.69, 9.17) is 0 Å². The average Bonchev–Trinajstić information content (AvgIpc) is 2.16. The van der Waals surface area contributed by atoms with Crippen LogP contribution in [-0.4, -0.2) is 37.5 Å². The molecule has 3 nitrogen and oxygen atoms in total. The Morgan fingerprint density at radius 1 is 1.69 bits per heavy atom. The van der Waals surface area contributed by atoms with Gasteiger partial charge in [-0.2, -0.15) is 0 Å². The van der Waals surface area contributed by atoms with Crippen molar-refractivity contribution in [3.8, 4) is 0 Å². The molecule has 1 aliphatic rings. The van der Waals surface area contributed by atoms with Gasteiger partial charge in [0.1, 0.15) is 0 Å². The van der Waals surface area contributed by atoms with E-state index in [0.717, 1.165) is 26.1 Å². The fourth-order valence-electron chi connectivity index (χ4n) is 1.40. The molecule has 0 spiro atoms. The molecule has 0 fully saturated rings. The van der Waals surface area contributed by atoms with E-state index in [1.165, 1.54) is 5.57 Å². The van der Waals surface area contributed by atoms with Crippen LogP contribution in [0.25, 0.3) is 0 Å². The van der Waals surface area contributed by atoms with E-state index in [0.29, 0.717) is 6.42 Å². The van der Waals surface area contributed by atoms with Crippen molar-refractivity contribution < 1.29 is 4.79 Å². The number of carbonyl (C=O) groups excluding carboxylic acids is 1. The predicted molar refractivity (Wildman–Crippen MR) is 53.5 cm³/mol. The normalized spacial score (nSPS) is 18.2. The van der Waals surface area contributed by atoms with Crippen molar-refractivity contribution in [3.05, 3.63) is 11.6 Å². The van der Waals surface area contributed by atoms with E-state index in [-0.39, 0.29) is 5.91 Å². The highest BCUT2D eigenvalue weighted by Crippen LogP contribution is 2.09. The number of rotatable bonds is 3. The summed E-state index contributed by atoms with van der Waals surface area (Å²) in [5.74, 6) is 0.131. The Bertz CT molecular complexity index is 211. The Morgan fingerprint density at radius 3 is 3.00 bits per heavy atom. The first-order chi connectivity index (χ1) is 6.22. The van der Waals surface area contributed by atoms with Crippen LogP contribution in [-0.2, 0) is 4.79 Å². The predicted octanol–water partition coefficient (Wildman–Crippen LogP) is 0.774. The van der Waals surface area contributed by atoms with Gasteiger partial charge in [-0.05, 0) is 13.3 Å². The Balaban J connectivity index is 2.20. The largest absolute Gasteiger partial charge is 0.359 e. The van der Waals surface area contributed by atoms with Gasteiger partial charge in [0.05, 0.1) is 0 Å². The van der Waals surface area contributed by atoms with Crippen molar-refractivity contribution in [1.29, 1.82) is 0 Å². The minimum absolute atomic E-state index is 0.131. The Kier molecular flexibility index (Phi) is 3.96. The van der Waals surface area contributed by atoms with Gasteiger partial charge in [0.15, 0.2) is 0 Å². The van der Waals surface area contributed by atoms with Crippen molar-refractivity contribution in [2.75, 3.05) is 26.7 Å². The van der Waals surface area contributed by atoms with E-state index in [2.05, 4.69) is 23.2 Å². The Hall–Kier alpha value is -0.830. The molecule has 0 atom stereocenters. The van der Waals surface area contributed by atoms with Crippen LogP contribution in [0.4, 0.5) is 0 Å². The quantitative estimate of drug-likeness (QED) is 0.654. The molecule has 0 unspecified atom stereocenters. The van der Waals surface area contributed by atoms with E-state index in [9.17, 15) is 4.79 Å². The van der Waals surface area contributed by atoms with Crippen molar-refractivity contribution in [2.45, 2.75) is 19.8 Å². The minimum Gasteiger partial charge on any atom is -0.359 e. The first kappa shape index (κ1) is 10.3. The molecular formula is C10H18N2O. The zero-order valence-corrected chi connectivity index (χ0v) is 8.47. The molecule has 0 aromatic rings. The number of hydrogen-bond acceptors (Lipinski definition) is 2. The summed E-state index contributed by atoms with van der Waals surface area (Å²) in [4.78, 5) is 13.3. The fraction of sp³-hybridized carbons (Fsp3) is 0.700. The third-order valence-electron chi connectivity index (χ3n) is 2.45. The molecule has 13 heavy (non-hydrogen) atoms. The second kappa shape index (κ2) is 5.02. The molecule has 74 valence electrons. The lowest BCUT2D eigenvalue weighted by Gasteiger charge is -2.24. The topological polar surface area (TPSA) is 32.3 Å². The molecule has 0 saturated heterocycles. The van der Waals surface area contributed by atoms with Crippen LogP contribution >= 0.6 is 0 Å². The Labute approximate surface area is 79.8 Å². The van der Waals surface area contributed by atoms with Gasteiger partial charge >= 0.3 is 0 Å². The summed E-state index contributed by atoms with van der Waals surface area (Å²) in [5, 5.41) is 2.63. The van der Waals surface area contributed by atoms with Crippen molar-refractivity contribution in [1.82, 2.24) is 10.2 Å². The van der Waals surface area contributed by atoms with Gasteiger partial charge in [0.25, 0.3) is 0 Å². The van der Waals surface area contributed by atoms with Crippen LogP contribution in [0.1, 0.15) is 19.8 Å². The zero-order chi connectivity index (χ0) is 9.68. The number of hydrogen-bond donors (Lipinski definition) is 1. The van der Waals surface area contributed by atoms with Gasteiger partial charge in [-0.15, -0.1) is 0 Å². The summed E-state index contributed by atoms with van der Waals surface area (Å²) in [5.41, 5.74) is 1.47. The maximum atomic E-state index is 11.0. The molecule has 1 rings (SSSR count). The highest BCUT2D eigenvalue weighted by atomic mass is 16.1. The van der Waals surface area contributed by atoms with E-state index >= 15 is 0 Å². The SMILES string of the molecule is CNC(=O)CCN1CC=C(C)CC1. The summed E-state index contributed by atoms with van der Waals surface area (Å²) in [6.07, 6.45) is 4.00. The molecule has 1 heterocycles. The third kappa shape index (κ3) is 3.59. The fourth-order valence-corrected chi connectivity index (χ4v) is 1.40. The molecule has 3 heteroatoms. The van der Waals surface area contributed by atoms with E-state index < -0.39 is 0 Å². The van der Waals surface area contributed by atoms with Crippen LogP contribution < -0.4 is 5.32 Å². The first-order valence-corrected chi connectivity index (χ1v) is 4.81. The molecule has 0 saturated carbocycles. The van der Waals surface area contributed by atoms with Gasteiger partial charge in [-0.3, -0.25) is 9.69 Å². The van der Waals surface area contributed by atoms with Gasteiger partial charge in [0, 0.05) is 33.1 Å². The van der Waals surface area contributed by atoms with Crippen LogP contribution in [0.15, 0.2) is 11.6 Å². The molecule has 0 bridgehead atoms. The van der Waals surface area contributed by atoms with Crippen LogP contribution in [0, 0.1) is 0 Å². The van der Waals surface area contributed by atoms with E-state index in [1.54, 1.807) is 7.05 Å². The smallest absolute Gasteiger partial charge is 0.221 e. The third-order valence-corrected chi connectivity index (χ3v) is 2.45. The van der Waals surface area contributed by atoms with Crippen molar-refractivity contribution in [3.63, 3.8) is 0 Å². The molecule has 0 aromatic heterocycles. The second-order valence-electron chi connectivity index (χ2n) is 3.52. The van der Waals surface area contributed by atoms with Gasteiger partial charge < -0.3 is 5.32 Å². The van der Waals surface area contributed by atoms with Crippen molar-refractivity contribution in [2.24, 2.45) is 0 Å². The summed E-state index contributed by atoms with van der Waals surface area (Å²) >= 11 is 0. The first-order valence-electron chi connectivity index (χ1n) is 4.81. The highest BCUT2D eigenvalue weighted by Gasteiger charge is 2.09. The summed E-state index contributed by atoms with van der Waals surface area (Å²) < 4.78 is 0. The molecular weight excluding hydrogens is 164 g/mol. The van der Waals surface area contributed by atoms with Crippen LogP contribution in [0.5, 0.6) is 0 Å². The second-order valence-corrected chi connectivity index (χ2v) is 3.52. The molecule has 0 aliphatic carbocycles. The number of nitrogens with one attached hydrogen (secondary N) is 1. The molecule has 0 aromatic carbocycles. The Morgan fingerprint density at radius 2 is 2.46 bits per heavy atom. The standard InChI is InChI=1S/C10H18N2O/c1-9-3-6-12(7-4-9)8-5-10(13)11-2/h3H,4-8H2,1-2H3,(H,11,13). The molecule has 1 amide bonds. The maximum Gasteiger partial charge on any atom is 0.221 e. The monoisotopic (exact) mass is 182 g/mol. The lowest BCUT2D eigenvalue weighted by Crippen LogP contribution is -2.32. The summed E-state index contributed by atoms with van der Waals surface area (Å²) in [6, 6.07) is 0. The lowest BCUT2D eigenvalue weighted by molar-refractivity contribution is -0.120. The van der Waals surface area contributed by atoms with Gasteiger partial charge in [-0.1, -0.05) is 11.6 Å². The molecule has 1 aliphatic heterocycles. The van der Waals surface area contributed by atoms with Crippen LogP contribution in [0.3, 0.4) is 0 Å². The lowest BCUT2D eigenvalue weighted by atomic mass is 10.1. The summed E-state index contributed by atoms with van der Waals surface area (Å²) in [6.45, 7) is 5.14. The summed E-state index contributed by atoms with van der Waals surface area (Å²) in [7, 11) is 1.68. The van der Waals surface area contributed by atoms with Gasteiger partial charge in [0.2, 0.25) is 5.91 Å².